The number of aromatic nitrogens is 3. The highest BCUT2D eigenvalue weighted by Crippen LogP contribution is 2.21. The summed E-state index contributed by atoms with van der Waals surface area (Å²) in [6, 6.07) is 7.17. The number of hydrogen-bond acceptors (Lipinski definition) is 5. The van der Waals surface area contributed by atoms with Crippen molar-refractivity contribution in [1.82, 2.24) is 20.2 Å². The zero-order chi connectivity index (χ0) is 14.5. The average molecular weight is 293 g/mol. The number of nitrogen functional groups attached to an aromatic ring is 1. The molecular weight excluding hydrogens is 278 g/mol. The number of nitrogens with zero attached hydrogens (tertiary/aromatic N) is 2. The molecule has 0 fully saturated rings. The molecule has 8 heteroatoms. The summed E-state index contributed by atoms with van der Waals surface area (Å²) >= 11 is 1.39. The number of nitrogens with one attached hydrogen (secondary N) is 2. The van der Waals surface area contributed by atoms with Gasteiger partial charge in [0.15, 0.2) is 5.16 Å². The SMILES string of the molecule is CCn1c(SCc2ccccc2C(=O)NN)n[nH]c1=O. The molecule has 0 radical (unpaired) electrons. The van der Waals surface area contributed by atoms with E-state index in [4.69, 9.17) is 5.84 Å². The van der Waals surface area contributed by atoms with E-state index in [0.717, 1.165) is 5.56 Å². The Morgan fingerprint density at radius 2 is 2.25 bits per heavy atom. The lowest BCUT2D eigenvalue weighted by atomic mass is 10.1. The number of amides is 1. The maximum atomic E-state index is 11.7. The molecule has 0 unspecified atom stereocenters. The Morgan fingerprint density at radius 1 is 1.50 bits per heavy atom. The number of hydrogen-bond donors (Lipinski definition) is 3. The van der Waals surface area contributed by atoms with Crippen LogP contribution in [0, 0.1) is 0 Å². The molecule has 0 aliphatic rings. The first-order chi connectivity index (χ1) is 9.67. The number of benzene rings is 1. The predicted octanol–water partition coefficient (Wildman–Crippen LogP) is 0.487. The van der Waals surface area contributed by atoms with Crippen LogP contribution in [0.4, 0.5) is 0 Å². The first-order valence-electron chi connectivity index (χ1n) is 6.04. The molecule has 7 nitrogen and oxygen atoms in total. The van der Waals surface area contributed by atoms with Crippen molar-refractivity contribution in [3.05, 3.63) is 45.9 Å². The molecule has 0 bridgehead atoms. The highest BCUT2D eigenvalue weighted by Gasteiger charge is 2.12. The number of carbonyl (C=O) groups excluding carboxylic acids is 1. The van der Waals surface area contributed by atoms with Crippen molar-refractivity contribution in [3.63, 3.8) is 0 Å². The highest BCUT2D eigenvalue weighted by molar-refractivity contribution is 7.98. The van der Waals surface area contributed by atoms with E-state index in [1.807, 2.05) is 19.1 Å². The van der Waals surface area contributed by atoms with Gasteiger partial charge in [0, 0.05) is 17.9 Å². The van der Waals surface area contributed by atoms with Crippen LogP contribution in [0.2, 0.25) is 0 Å². The molecule has 1 aromatic carbocycles. The molecule has 1 amide bonds. The molecule has 20 heavy (non-hydrogen) atoms. The fourth-order valence-electron chi connectivity index (χ4n) is 1.78. The van der Waals surface area contributed by atoms with E-state index in [1.54, 1.807) is 12.1 Å². The number of hydrazine groups is 1. The maximum absolute atomic E-state index is 11.7. The Kier molecular flexibility index (Phi) is 4.59. The van der Waals surface area contributed by atoms with Crippen LogP contribution in [0.3, 0.4) is 0 Å². The molecular formula is C12H15N5O2S. The van der Waals surface area contributed by atoms with Gasteiger partial charge in [-0.2, -0.15) is 0 Å². The van der Waals surface area contributed by atoms with E-state index < -0.39 is 0 Å². The van der Waals surface area contributed by atoms with Gasteiger partial charge in [0.25, 0.3) is 5.91 Å². The third kappa shape index (κ3) is 2.91. The lowest BCUT2D eigenvalue weighted by Crippen LogP contribution is -2.30. The van der Waals surface area contributed by atoms with Crippen molar-refractivity contribution in [2.75, 3.05) is 0 Å². The number of thioether (sulfide) groups is 1. The van der Waals surface area contributed by atoms with Gasteiger partial charge in [-0.15, -0.1) is 5.10 Å². The van der Waals surface area contributed by atoms with Crippen LogP contribution >= 0.6 is 11.8 Å². The van der Waals surface area contributed by atoms with Gasteiger partial charge in [0.2, 0.25) is 0 Å². The molecule has 4 N–H and O–H groups in total. The molecule has 1 heterocycles. The molecule has 106 valence electrons. The van der Waals surface area contributed by atoms with Crippen LogP contribution in [-0.4, -0.2) is 20.7 Å². The second-order valence-corrected chi connectivity index (χ2v) is 4.92. The summed E-state index contributed by atoms with van der Waals surface area (Å²) in [5.41, 5.74) is 3.24. The number of rotatable bonds is 5. The van der Waals surface area contributed by atoms with Crippen molar-refractivity contribution in [2.24, 2.45) is 5.84 Å². The van der Waals surface area contributed by atoms with Gasteiger partial charge >= 0.3 is 5.69 Å². The van der Waals surface area contributed by atoms with Crippen molar-refractivity contribution in [2.45, 2.75) is 24.4 Å². The largest absolute Gasteiger partial charge is 0.343 e. The van der Waals surface area contributed by atoms with E-state index >= 15 is 0 Å². The third-order valence-corrected chi connectivity index (χ3v) is 3.81. The van der Waals surface area contributed by atoms with Crippen molar-refractivity contribution < 1.29 is 4.79 Å². The van der Waals surface area contributed by atoms with Gasteiger partial charge in [0.1, 0.15) is 0 Å². The minimum absolute atomic E-state index is 0.233. The first kappa shape index (κ1) is 14.4. The molecule has 0 aliphatic carbocycles. The number of nitrogens with two attached hydrogens (primary N) is 1. The summed E-state index contributed by atoms with van der Waals surface area (Å²) in [5.74, 6) is 5.34. The second-order valence-electron chi connectivity index (χ2n) is 3.97. The van der Waals surface area contributed by atoms with Crippen molar-refractivity contribution >= 4 is 17.7 Å². The topological polar surface area (TPSA) is 106 Å². The fourth-order valence-corrected chi connectivity index (χ4v) is 2.79. The van der Waals surface area contributed by atoms with Gasteiger partial charge in [-0.3, -0.25) is 14.8 Å². The van der Waals surface area contributed by atoms with E-state index in [1.165, 1.54) is 16.3 Å². The molecule has 0 saturated carbocycles. The van der Waals surface area contributed by atoms with Crippen LogP contribution < -0.4 is 17.0 Å². The normalized spacial score (nSPS) is 10.5. The Balaban J connectivity index is 2.19. The van der Waals surface area contributed by atoms with Gasteiger partial charge in [0.05, 0.1) is 0 Å². The van der Waals surface area contributed by atoms with Gasteiger partial charge in [-0.1, -0.05) is 30.0 Å². The monoisotopic (exact) mass is 293 g/mol. The lowest BCUT2D eigenvalue weighted by molar-refractivity contribution is 0.0953. The minimum atomic E-state index is -0.337. The van der Waals surface area contributed by atoms with E-state index in [0.29, 0.717) is 23.0 Å². The molecule has 0 atom stereocenters. The Morgan fingerprint density at radius 3 is 2.95 bits per heavy atom. The number of aromatic amines is 1. The molecule has 0 aliphatic heterocycles. The summed E-state index contributed by atoms with van der Waals surface area (Å²) in [6.07, 6.45) is 0. The Hall–Kier alpha value is -2.06. The Bertz CT molecular complexity index is 664. The van der Waals surface area contributed by atoms with E-state index in [9.17, 15) is 9.59 Å². The quantitative estimate of drug-likeness (QED) is 0.322. The van der Waals surface area contributed by atoms with Gasteiger partial charge in [-0.25, -0.2) is 15.7 Å². The van der Waals surface area contributed by atoms with E-state index in [2.05, 4.69) is 15.6 Å². The summed E-state index contributed by atoms with van der Waals surface area (Å²) in [4.78, 5) is 23.1. The van der Waals surface area contributed by atoms with Crippen molar-refractivity contribution in [1.29, 1.82) is 0 Å². The molecule has 2 aromatic rings. The van der Waals surface area contributed by atoms with Gasteiger partial charge < -0.3 is 0 Å². The second kappa shape index (κ2) is 6.40. The standard InChI is InChI=1S/C12H15N5O2S/c1-2-17-11(19)15-16-12(17)20-7-8-5-3-4-6-9(8)10(18)14-13/h3-6H,2,7,13H2,1H3,(H,14,18)(H,15,19). The third-order valence-electron chi connectivity index (χ3n) is 2.79. The van der Waals surface area contributed by atoms with Gasteiger partial charge in [-0.05, 0) is 18.6 Å². The smallest absolute Gasteiger partial charge is 0.290 e. The maximum Gasteiger partial charge on any atom is 0.343 e. The predicted molar refractivity (Wildman–Crippen MR) is 76.2 cm³/mol. The lowest BCUT2D eigenvalue weighted by Gasteiger charge is -2.07. The van der Waals surface area contributed by atoms with Crippen LogP contribution in [0.5, 0.6) is 0 Å². The zero-order valence-corrected chi connectivity index (χ0v) is 11.7. The highest BCUT2D eigenvalue weighted by atomic mass is 32.2. The molecule has 2 rings (SSSR count). The van der Waals surface area contributed by atoms with E-state index in [-0.39, 0.29) is 11.6 Å². The first-order valence-corrected chi connectivity index (χ1v) is 7.02. The molecule has 0 spiro atoms. The van der Waals surface area contributed by atoms with Crippen LogP contribution in [0.15, 0.2) is 34.2 Å². The number of H-pyrrole nitrogens is 1. The Labute approximate surface area is 119 Å². The van der Waals surface area contributed by atoms with Crippen LogP contribution in [0.1, 0.15) is 22.8 Å². The average Bonchev–Trinajstić information content (AvgIpc) is 2.84. The summed E-state index contributed by atoms with van der Waals surface area (Å²) in [7, 11) is 0. The summed E-state index contributed by atoms with van der Waals surface area (Å²) in [5, 5.41) is 6.97. The summed E-state index contributed by atoms with van der Waals surface area (Å²) in [6.45, 7) is 2.42. The summed E-state index contributed by atoms with van der Waals surface area (Å²) < 4.78 is 1.54. The minimum Gasteiger partial charge on any atom is -0.290 e. The number of carbonyl (C=O) groups is 1. The van der Waals surface area contributed by atoms with Crippen LogP contribution in [-0.2, 0) is 12.3 Å². The molecule has 0 saturated heterocycles. The molecule has 1 aromatic heterocycles. The van der Waals surface area contributed by atoms with Crippen molar-refractivity contribution in [3.8, 4) is 0 Å². The fraction of sp³-hybridized carbons (Fsp3) is 0.250. The zero-order valence-electron chi connectivity index (χ0n) is 10.9. The van der Waals surface area contributed by atoms with Crippen LogP contribution in [0.25, 0.3) is 0 Å².